The van der Waals surface area contributed by atoms with Crippen molar-refractivity contribution >= 4 is 5.97 Å². The summed E-state index contributed by atoms with van der Waals surface area (Å²) < 4.78 is 12.7. The molecule has 0 radical (unpaired) electrons. The third kappa shape index (κ3) is 7.25. The number of nitrogens with one attached hydrogen (secondary N) is 1. The molecule has 0 bridgehead atoms. The molecule has 1 aromatic heterocycles. The first-order chi connectivity index (χ1) is 16.3. The molecule has 0 fully saturated rings. The van der Waals surface area contributed by atoms with E-state index in [-0.39, 0.29) is 11.6 Å². The van der Waals surface area contributed by atoms with E-state index in [1.807, 2.05) is 76.2 Å². The van der Waals surface area contributed by atoms with Gasteiger partial charge < -0.3 is 19.6 Å². The van der Waals surface area contributed by atoms with Gasteiger partial charge in [0, 0.05) is 0 Å². The first kappa shape index (κ1) is 26.1. The van der Waals surface area contributed by atoms with Crippen molar-refractivity contribution in [3.8, 4) is 11.6 Å². The van der Waals surface area contributed by atoms with E-state index >= 15 is 0 Å². The van der Waals surface area contributed by atoms with Crippen LogP contribution in [0.1, 0.15) is 63.4 Å². The summed E-state index contributed by atoms with van der Waals surface area (Å²) in [5.74, 6) is 0.153. The van der Waals surface area contributed by atoms with E-state index in [2.05, 4.69) is 4.98 Å². The van der Waals surface area contributed by atoms with E-state index in [4.69, 9.17) is 9.47 Å². The van der Waals surface area contributed by atoms with Gasteiger partial charge in [-0.1, -0.05) is 42.0 Å². The summed E-state index contributed by atoms with van der Waals surface area (Å²) in [5.41, 5.74) is 1.73. The normalized spacial score (nSPS) is 11.9. The minimum absolute atomic E-state index is 0.0105. The zero-order valence-electron chi connectivity index (χ0n) is 21.5. The Morgan fingerprint density at radius 3 is 2.14 bits per heavy atom. The van der Waals surface area contributed by atoms with Gasteiger partial charge in [-0.3, -0.25) is 4.57 Å². The standard InChI is InChI=1S/C28H36N2O5/c1-19-10-12-21(13-11-19)18-30-24(31)23(29-26(30)33)9-7-8-20-14-16-22(17-15-20)34-28(5,6)25(32)35-27(2,3)4/h10-17,31H,7-9,18H2,1-6H3,(H,29,33). The second kappa shape index (κ2) is 10.4. The van der Waals surface area contributed by atoms with Crippen LogP contribution in [0.2, 0.25) is 0 Å². The number of rotatable bonds is 9. The molecule has 0 saturated heterocycles. The monoisotopic (exact) mass is 480 g/mol. The average molecular weight is 481 g/mol. The van der Waals surface area contributed by atoms with Crippen LogP contribution in [0.4, 0.5) is 0 Å². The van der Waals surface area contributed by atoms with Gasteiger partial charge in [0.2, 0.25) is 5.88 Å². The molecule has 2 N–H and O–H groups in total. The maximum Gasteiger partial charge on any atom is 0.350 e. The van der Waals surface area contributed by atoms with Crippen LogP contribution in [-0.2, 0) is 28.9 Å². The summed E-state index contributed by atoms with van der Waals surface area (Å²) in [5, 5.41) is 10.6. The van der Waals surface area contributed by atoms with Crippen molar-refractivity contribution in [2.45, 2.75) is 78.6 Å². The Balaban J connectivity index is 1.55. The summed E-state index contributed by atoms with van der Waals surface area (Å²) in [6, 6.07) is 15.4. The molecular weight excluding hydrogens is 444 g/mol. The predicted octanol–water partition coefficient (Wildman–Crippen LogP) is 4.91. The fraction of sp³-hybridized carbons (Fsp3) is 0.429. The number of aromatic nitrogens is 2. The van der Waals surface area contributed by atoms with Gasteiger partial charge in [0.05, 0.1) is 12.2 Å². The lowest BCUT2D eigenvalue weighted by Gasteiger charge is -2.29. The van der Waals surface area contributed by atoms with Crippen molar-refractivity contribution in [1.82, 2.24) is 9.55 Å². The zero-order valence-corrected chi connectivity index (χ0v) is 21.5. The van der Waals surface area contributed by atoms with E-state index < -0.39 is 17.2 Å². The average Bonchev–Trinajstić information content (AvgIpc) is 3.02. The van der Waals surface area contributed by atoms with Crippen LogP contribution >= 0.6 is 0 Å². The number of aromatic hydroxyl groups is 1. The molecule has 0 spiro atoms. The van der Waals surface area contributed by atoms with Crippen molar-refractivity contribution in [1.29, 1.82) is 0 Å². The number of benzene rings is 2. The molecule has 0 unspecified atom stereocenters. The smallest absolute Gasteiger partial charge is 0.350 e. The molecular formula is C28H36N2O5. The molecule has 0 amide bonds. The maximum absolute atomic E-state index is 12.4. The largest absolute Gasteiger partial charge is 0.493 e. The summed E-state index contributed by atoms with van der Waals surface area (Å²) in [6.45, 7) is 11.2. The lowest BCUT2D eigenvalue weighted by molar-refractivity contribution is -0.170. The first-order valence-corrected chi connectivity index (χ1v) is 11.9. The Morgan fingerprint density at radius 1 is 0.943 bits per heavy atom. The molecule has 3 aromatic rings. The molecule has 7 nitrogen and oxygen atoms in total. The lowest BCUT2D eigenvalue weighted by atomic mass is 10.1. The molecule has 35 heavy (non-hydrogen) atoms. The van der Waals surface area contributed by atoms with Gasteiger partial charge in [-0.05, 0) is 84.1 Å². The fourth-order valence-electron chi connectivity index (χ4n) is 3.64. The molecule has 188 valence electrons. The molecule has 2 aromatic carbocycles. The highest BCUT2D eigenvalue weighted by molar-refractivity contribution is 5.79. The van der Waals surface area contributed by atoms with Crippen LogP contribution in [0.3, 0.4) is 0 Å². The molecule has 0 aliphatic carbocycles. The summed E-state index contributed by atoms with van der Waals surface area (Å²) in [6.07, 6.45) is 2.06. The van der Waals surface area contributed by atoms with Crippen molar-refractivity contribution < 1.29 is 19.4 Å². The number of esters is 1. The number of aromatic amines is 1. The highest BCUT2D eigenvalue weighted by Gasteiger charge is 2.34. The van der Waals surface area contributed by atoms with E-state index in [1.165, 1.54) is 4.57 Å². The molecule has 0 atom stereocenters. The second-order valence-corrected chi connectivity index (χ2v) is 10.4. The SMILES string of the molecule is Cc1ccc(Cn2c(O)c(CCCc3ccc(OC(C)(C)C(=O)OC(C)(C)C)cc3)[nH]c2=O)cc1. The highest BCUT2D eigenvalue weighted by atomic mass is 16.6. The summed E-state index contributed by atoms with van der Waals surface area (Å²) in [4.78, 5) is 27.5. The van der Waals surface area contributed by atoms with Crippen molar-refractivity contribution in [3.05, 3.63) is 81.4 Å². The molecule has 7 heteroatoms. The third-order valence-electron chi connectivity index (χ3n) is 5.57. The van der Waals surface area contributed by atoms with Gasteiger partial charge in [0.1, 0.15) is 11.4 Å². The number of carbonyl (C=O) groups is 1. The molecule has 0 saturated carbocycles. The number of H-pyrrole nitrogens is 1. The van der Waals surface area contributed by atoms with Gasteiger partial charge in [0.25, 0.3) is 0 Å². The van der Waals surface area contributed by atoms with E-state index in [0.717, 1.165) is 29.5 Å². The third-order valence-corrected chi connectivity index (χ3v) is 5.57. The number of ether oxygens (including phenoxy) is 2. The number of carbonyl (C=O) groups excluding carboxylic acids is 1. The first-order valence-electron chi connectivity index (χ1n) is 11.9. The van der Waals surface area contributed by atoms with Gasteiger partial charge in [-0.15, -0.1) is 0 Å². The Hall–Kier alpha value is -3.48. The predicted molar refractivity (Wildman–Crippen MR) is 136 cm³/mol. The molecule has 1 heterocycles. The Labute approximate surface area is 206 Å². The summed E-state index contributed by atoms with van der Waals surface area (Å²) >= 11 is 0. The van der Waals surface area contributed by atoms with Crippen molar-refractivity contribution in [2.24, 2.45) is 0 Å². The number of hydrogen-bond donors (Lipinski definition) is 2. The topological polar surface area (TPSA) is 93.5 Å². The second-order valence-electron chi connectivity index (χ2n) is 10.4. The highest BCUT2D eigenvalue weighted by Crippen LogP contribution is 2.23. The minimum Gasteiger partial charge on any atom is -0.493 e. The van der Waals surface area contributed by atoms with Gasteiger partial charge >= 0.3 is 11.7 Å². The van der Waals surface area contributed by atoms with Crippen molar-refractivity contribution in [3.63, 3.8) is 0 Å². The van der Waals surface area contributed by atoms with E-state index in [9.17, 15) is 14.7 Å². The minimum atomic E-state index is -1.11. The summed E-state index contributed by atoms with van der Waals surface area (Å²) in [7, 11) is 0. The van der Waals surface area contributed by atoms with Crippen LogP contribution in [0.25, 0.3) is 0 Å². The van der Waals surface area contributed by atoms with Crippen LogP contribution < -0.4 is 10.4 Å². The molecule has 0 aliphatic heterocycles. The van der Waals surface area contributed by atoms with Crippen LogP contribution in [-0.4, -0.2) is 31.8 Å². The Morgan fingerprint density at radius 2 is 1.54 bits per heavy atom. The fourth-order valence-corrected chi connectivity index (χ4v) is 3.64. The van der Waals surface area contributed by atoms with Gasteiger partial charge in [-0.25, -0.2) is 9.59 Å². The number of imidazole rings is 1. The lowest BCUT2D eigenvalue weighted by Crippen LogP contribution is -2.43. The van der Waals surface area contributed by atoms with Gasteiger partial charge in [0.15, 0.2) is 5.60 Å². The molecule has 3 rings (SSSR count). The number of aryl methyl sites for hydroxylation is 3. The van der Waals surface area contributed by atoms with Crippen LogP contribution in [0, 0.1) is 6.92 Å². The Kier molecular flexibility index (Phi) is 7.78. The quantitative estimate of drug-likeness (QED) is 0.424. The number of nitrogens with zero attached hydrogens (tertiary/aromatic N) is 1. The van der Waals surface area contributed by atoms with E-state index in [0.29, 0.717) is 24.4 Å². The van der Waals surface area contributed by atoms with Crippen LogP contribution in [0.5, 0.6) is 11.6 Å². The van der Waals surface area contributed by atoms with Gasteiger partial charge in [-0.2, -0.15) is 0 Å². The van der Waals surface area contributed by atoms with E-state index in [1.54, 1.807) is 13.8 Å². The molecule has 0 aliphatic rings. The maximum atomic E-state index is 12.4. The zero-order chi connectivity index (χ0) is 25.8. The Bertz CT molecular complexity index is 1200. The van der Waals surface area contributed by atoms with Crippen LogP contribution in [0.15, 0.2) is 53.3 Å². The number of hydrogen-bond acceptors (Lipinski definition) is 5. The van der Waals surface area contributed by atoms with Crippen molar-refractivity contribution in [2.75, 3.05) is 0 Å².